The Bertz CT molecular complexity index is 579. The monoisotopic (exact) mass is 311 g/mol. The first-order valence-electron chi connectivity index (χ1n) is 5.18. The molecule has 18 heavy (non-hydrogen) atoms. The van der Waals surface area contributed by atoms with Crippen molar-refractivity contribution in [3.05, 3.63) is 56.4 Å². The van der Waals surface area contributed by atoms with Gasteiger partial charge in [0.25, 0.3) is 5.69 Å². The first-order valence-corrected chi connectivity index (χ1v) is 5.97. The van der Waals surface area contributed by atoms with E-state index in [0.29, 0.717) is 16.0 Å². The Labute approximate surface area is 112 Å². The Hall–Kier alpha value is -1.82. The van der Waals surface area contributed by atoms with Crippen LogP contribution in [0.15, 0.2) is 39.2 Å². The highest BCUT2D eigenvalue weighted by Gasteiger charge is 2.11. The van der Waals surface area contributed by atoms with Crippen LogP contribution in [-0.2, 0) is 6.61 Å². The van der Waals surface area contributed by atoms with E-state index in [0.717, 1.165) is 5.76 Å². The molecule has 94 valence electrons. The molecule has 0 N–H and O–H groups in total. The fourth-order valence-electron chi connectivity index (χ4n) is 1.43. The third kappa shape index (κ3) is 2.89. The van der Waals surface area contributed by atoms with Gasteiger partial charge in [-0.15, -0.1) is 0 Å². The second kappa shape index (κ2) is 5.22. The summed E-state index contributed by atoms with van der Waals surface area (Å²) in [6.45, 7) is 2.07. The molecule has 1 heterocycles. The number of hydrogen-bond acceptors (Lipinski definition) is 4. The normalized spacial score (nSPS) is 10.3. The van der Waals surface area contributed by atoms with Crippen LogP contribution in [0.25, 0.3) is 0 Å². The van der Waals surface area contributed by atoms with Gasteiger partial charge in [-0.05, 0) is 41.1 Å². The maximum atomic E-state index is 10.7. The van der Waals surface area contributed by atoms with E-state index in [1.807, 2.05) is 13.0 Å². The van der Waals surface area contributed by atoms with Crippen molar-refractivity contribution in [2.75, 3.05) is 0 Å². The van der Waals surface area contributed by atoms with Crippen LogP contribution >= 0.6 is 15.9 Å². The molecule has 0 amide bonds. The number of nitro benzene ring substituents is 1. The molecule has 2 aromatic rings. The topological polar surface area (TPSA) is 65.5 Å². The number of ether oxygens (including phenoxy) is 1. The summed E-state index contributed by atoms with van der Waals surface area (Å²) in [6.07, 6.45) is 0. The minimum absolute atomic E-state index is 0.0103. The molecule has 0 unspecified atom stereocenters. The number of halogens is 1. The van der Waals surface area contributed by atoms with Gasteiger partial charge in [-0.2, -0.15) is 0 Å². The van der Waals surface area contributed by atoms with Crippen molar-refractivity contribution in [2.45, 2.75) is 13.5 Å². The van der Waals surface area contributed by atoms with E-state index in [9.17, 15) is 10.1 Å². The second-order valence-electron chi connectivity index (χ2n) is 3.67. The summed E-state index contributed by atoms with van der Waals surface area (Å²) in [5, 5.41) is 10.7. The van der Waals surface area contributed by atoms with Gasteiger partial charge in [0.2, 0.25) is 0 Å². The molecule has 2 rings (SSSR count). The highest BCUT2D eigenvalue weighted by Crippen LogP contribution is 2.29. The third-order valence-electron chi connectivity index (χ3n) is 2.29. The molecule has 0 spiro atoms. The van der Waals surface area contributed by atoms with Gasteiger partial charge in [0.1, 0.15) is 23.9 Å². The molecule has 0 saturated carbocycles. The van der Waals surface area contributed by atoms with Crippen molar-refractivity contribution in [3.8, 4) is 5.75 Å². The van der Waals surface area contributed by atoms with E-state index in [4.69, 9.17) is 9.15 Å². The van der Waals surface area contributed by atoms with Crippen LogP contribution < -0.4 is 4.74 Å². The van der Waals surface area contributed by atoms with Crippen LogP contribution in [0, 0.1) is 17.0 Å². The lowest BCUT2D eigenvalue weighted by molar-refractivity contribution is -0.385. The Morgan fingerprint density at radius 2 is 2.17 bits per heavy atom. The molecule has 0 aliphatic rings. The summed E-state index contributed by atoms with van der Waals surface area (Å²) >= 11 is 3.28. The number of furan rings is 1. The van der Waals surface area contributed by atoms with E-state index in [-0.39, 0.29) is 12.3 Å². The summed E-state index contributed by atoms with van der Waals surface area (Å²) in [6, 6.07) is 8.01. The number of rotatable bonds is 4. The van der Waals surface area contributed by atoms with Gasteiger partial charge in [-0.3, -0.25) is 10.1 Å². The van der Waals surface area contributed by atoms with Crippen LogP contribution in [0.1, 0.15) is 11.5 Å². The Balaban J connectivity index is 2.13. The maximum absolute atomic E-state index is 10.7. The molecule has 0 radical (unpaired) electrons. The van der Waals surface area contributed by atoms with E-state index < -0.39 is 4.92 Å². The average molecular weight is 312 g/mol. The maximum Gasteiger partial charge on any atom is 0.273 e. The highest BCUT2D eigenvalue weighted by molar-refractivity contribution is 9.10. The lowest BCUT2D eigenvalue weighted by atomic mass is 10.3. The first kappa shape index (κ1) is 12.6. The summed E-state index contributed by atoms with van der Waals surface area (Å²) in [5.74, 6) is 1.89. The number of hydrogen-bond donors (Lipinski definition) is 0. The molecule has 0 fully saturated rings. The Kier molecular flexibility index (Phi) is 3.66. The molecule has 0 aliphatic carbocycles. The van der Waals surface area contributed by atoms with Crippen molar-refractivity contribution in [3.63, 3.8) is 0 Å². The van der Waals surface area contributed by atoms with Crippen LogP contribution in [0.5, 0.6) is 5.75 Å². The smallest absolute Gasteiger partial charge is 0.273 e. The van der Waals surface area contributed by atoms with Gasteiger partial charge in [0, 0.05) is 6.07 Å². The predicted molar refractivity (Wildman–Crippen MR) is 68.6 cm³/mol. The second-order valence-corrected chi connectivity index (χ2v) is 4.53. The number of nitrogens with zero attached hydrogens (tertiary/aromatic N) is 1. The zero-order chi connectivity index (χ0) is 13.1. The number of nitro groups is 1. The molecular weight excluding hydrogens is 302 g/mol. The third-order valence-corrected chi connectivity index (χ3v) is 2.95. The lowest BCUT2D eigenvalue weighted by Crippen LogP contribution is -1.96. The van der Waals surface area contributed by atoms with Gasteiger partial charge in [-0.25, -0.2) is 0 Å². The minimum Gasteiger partial charge on any atom is -0.484 e. The standard InChI is InChI=1S/C12H10BrNO4/c1-8-2-4-10(18-8)7-17-12-6-9(14(15)16)3-5-11(12)13/h2-6H,7H2,1H3. The summed E-state index contributed by atoms with van der Waals surface area (Å²) < 4.78 is 11.5. The molecule has 0 saturated heterocycles. The van der Waals surface area contributed by atoms with Crippen LogP contribution in [0.4, 0.5) is 5.69 Å². The van der Waals surface area contributed by atoms with Gasteiger partial charge < -0.3 is 9.15 Å². The predicted octanol–water partition coefficient (Wildman–Crippen LogP) is 3.84. The van der Waals surface area contributed by atoms with Gasteiger partial charge in [-0.1, -0.05) is 0 Å². The highest BCUT2D eigenvalue weighted by atomic mass is 79.9. The zero-order valence-corrected chi connectivity index (χ0v) is 11.1. The summed E-state index contributed by atoms with van der Waals surface area (Å²) in [7, 11) is 0. The summed E-state index contributed by atoms with van der Waals surface area (Å²) in [4.78, 5) is 10.2. The van der Waals surface area contributed by atoms with Crippen LogP contribution in [-0.4, -0.2) is 4.92 Å². The van der Waals surface area contributed by atoms with E-state index in [1.165, 1.54) is 12.1 Å². The number of benzene rings is 1. The van der Waals surface area contributed by atoms with Gasteiger partial charge >= 0.3 is 0 Å². The number of non-ortho nitro benzene ring substituents is 1. The molecule has 6 heteroatoms. The van der Waals surface area contributed by atoms with Crippen LogP contribution in [0.2, 0.25) is 0 Å². The van der Waals surface area contributed by atoms with E-state index in [2.05, 4.69) is 15.9 Å². The molecule has 0 bridgehead atoms. The molecular formula is C12H10BrNO4. The Morgan fingerprint density at radius 3 is 2.78 bits per heavy atom. The van der Waals surface area contributed by atoms with Crippen molar-refractivity contribution in [2.24, 2.45) is 0 Å². The number of aryl methyl sites for hydroxylation is 1. The zero-order valence-electron chi connectivity index (χ0n) is 9.55. The van der Waals surface area contributed by atoms with Crippen molar-refractivity contribution in [1.82, 2.24) is 0 Å². The summed E-state index contributed by atoms with van der Waals surface area (Å²) in [5.41, 5.74) is -0.0103. The Morgan fingerprint density at radius 1 is 1.39 bits per heavy atom. The molecule has 1 aromatic carbocycles. The van der Waals surface area contributed by atoms with Gasteiger partial charge in [0.15, 0.2) is 0 Å². The largest absolute Gasteiger partial charge is 0.484 e. The lowest BCUT2D eigenvalue weighted by Gasteiger charge is -2.06. The van der Waals surface area contributed by atoms with E-state index >= 15 is 0 Å². The quantitative estimate of drug-likeness (QED) is 0.635. The van der Waals surface area contributed by atoms with Gasteiger partial charge in [0.05, 0.1) is 15.5 Å². The minimum atomic E-state index is -0.462. The van der Waals surface area contributed by atoms with Crippen molar-refractivity contribution in [1.29, 1.82) is 0 Å². The van der Waals surface area contributed by atoms with E-state index in [1.54, 1.807) is 12.1 Å². The average Bonchev–Trinajstić information content (AvgIpc) is 2.74. The molecule has 0 aliphatic heterocycles. The molecule has 5 nitrogen and oxygen atoms in total. The van der Waals surface area contributed by atoms with Crippen molar-refractivity contribution >= 4 is 21.6 Å². The first-order chi connectivity index (χ1) is 8.56. The molecule has 0 atom stereocenters. The fraction of sp³-hybridized carbons (Fsp3) is 0.167. The molecule has 1 aromatic heterocycles. The fourth-order valence-corrected chi connectivity index (χ4v) is 1.79. The van der Waals surface area contributed by atoms with Crippen molar-refractivity contribution < 1.29 is 14.1 Å². The van der Waals surface area contributed by atoms with Crippen LogP contribution in [0.3, 0.4) is 0 Å². The SMILES string of the molecule is Cc1ccc(COc2cc([N+](=O)[O-])ccc2Br)o1.